The fraction of sp³-hybridized carbons (Fsp3) is 0.857. The molecule has 1 fully saturated rings. The molecule has 1 amide bonds. The van der Waals surface area contributed by atoms with Gasteiger partial charge in [-0.05, 0) is 11.2 Å². The van der Waals surface area contributed by atoms with Crippen molar-refractivity contribution in [2.45, 2.75) is 19.9 Å². The van der Waals surface area contributed by atoms with Crippen molar-refractivity contribution in [2.75, 3.05) is 11.5 Å². The summed E-state index contributed by atoms with van der Waals surface area (Å²) in [7, 11) is 0. The molecule has 1 N–H and O–H groups in total. The predicted octanol–water partition coefficient (Wildman–Crippen LogP) is -0.111. The number of hydrogen-bond acceptors (Lipinski definition) is 2. The fourth-order valence-corrected chi connectivity index (χ4v) is 1.82. The number of carbonyl (C=O) groups is 1. The largest absolute Gasteiger partial charge is 0.616 e. The molecular weight excluding hydrogens is 162 g/mol. The van der Waals surface area contributed by atoms with Gasteiger partial charge in [0.2, 0.25) is 5.91 Å². The number of carbonyl (C=O) groups excluding carboxylic acids is 1. The maximum absolute atomic E-state index is 11.0. The van der Waals surface area contributed by atoms with Gasteiger partial charge >= 0.3 is 0 Å². The Hall–Kier alpha value is -0.220. The van der Waals surface area contributed by atoms with Gasteiger partial charge in [0.05, 0.1) is 0 Å². The second kappa shape index (κ2) is 3.45. The number of amides is 1. The lowest BCUT2D eigenvalue weighted by Gasteiger charge is -2.29. The molecule has 4 heteroatoms. The number of rotatable bonds is 2. The van der Waals surface area contributed by atoms with E-state index in [9.17, 15) is 9.35 Å². The SMILES string of the molecule is CC(C)C(=O)NC1C[S+]([O-])C1. The molecule has 0 saturated carbocycles. The molecule has 1 rings (SSSR count). The second-order valence-electron chi connectivity index (χ2n) is 3.13. The third-order valence-corrected chi connectivity index (χ3v) is 3.19. The molecule has 11 heavy (non-hydrogen) atoms. The van der Waals surface area contributed by atoms with E-state index in [0.717, 1.165) is 0 Å². The van der Waals surface area contributed by atoms with E-state index in [-0.39, 0.29) is 17.9 Å². The highest BCUT2D eigenvalue weighted by molar-refractivity contribution is 7.92. The van der Waals surface area contributed by atoms with E-state index in [0.29, 0.717) is 11.5 Å². The number of nitrogens with one attached hydrogen (secondary N) is 1. The van der Waals surface area contributed by atoms with E-state index in [1.165, 1.54) is 0 Å². The van der Waals surface area contributed by atoms with Crippen LogP contribution in [0, 0.1) is 5.92 Å². The molecule has 0 aromatic carbocycles. The van der Waals surface area contributed by atoms with Crippen molar-refractivity contribution >= 4 is 17.1 Å². The Labute approximate surface area is 69.7 Å². The molecule has 0 bridgehead atoms. The summed E-state index contributed by atoms with van der Waals surface area (Å²) in [4.78, 5) is 11.0. The molecule has 1 aliphatic heterocycles. The van der Waals surface area contributed by atoms with Crippen LogP contribution in [-0.4, -0.2) is 28.0 Å². The summed E-state index contributed by atoms with van der Waals surface area (Å²) >= 11 is -0.666. The summed E-state index contributed by atoms with van der Waals surface area (Å²) in [6.45, 7) is 3.70. The van der Waals surface area contributed by atoms with Gasteiger partial charge in [0.1, 0.15) is 17.5 Å². The van der Waals surface area contributed by atoms with E-state index < -0.39 is 11.2 Å². The Morgan fingerprint density at radius 2 is 2.18 bits per heavy atom. The minimum Gasteiger partial charge on any atom is -0.616 e. The molecule has 3 nitrogen and oxygen atoms in total. The van der Waals surface area contributed by atoms with Gasteiger partial charge in [0.15, 0.2) is 0 Å². The highest BCUT2D eigenvalue weighted by Gasteiger charge is 2.33. The fourth-order valence-electron chi connectivity index (χ4n) is 0.851. The molecule has 0 spiro atoms. The highest BCUT2D eigenvalue weighted by Crippen LogP contribution is 2.10. The topological polar surface area (TPSA) is 52.2 Å². The van der Waals surface area contributed by atoms with Crippen LogP contribution in [0.1, 0.15) is 13.8 Å². The predicted molar refractivity (Wildman–Crippen MR) is 44.6 cm³/mol. The van der Waals surface area contributed by atoms with Crippen molar-refractivity contribution in [3.05, 3.63) is 0 Å². The van der Waals surface area contributed by atoms with Crippen molar-refractivity contribution in [1.82, 2.24) is 5.32 Å². The summed E-state index contributed by atoms with van der Waals surface area (Å²) < 4.78 is 10.6. The van der Waals surface area contributed by atoms with Crippen LogP contribution in [0.4, 0.5) is 0 Å². The van der Waals surface area contributed by atoms with Crippen LogP contribution in [0.5, 0.6) is 0 Å². The van der Waals surface area contributed by atoms with E-state index in [1.54, 1.807) is 0 Å². The van der Waals surface area contributed by atoms with Gasteiger partial charge in [-0.2, -0.15) is 0 Å². The van der Waals surface area contributed by atoms with Crippen molar-refractivity contribution < 1.29 is 9.35 Å². The Morgan fingerprint density at radius 3 is 2.55 bits per heavy atom. The summed E-state index contributed by atoms with van der Waals surface area (Å²) in [5, 5.41) is 2.81. The Kier molecular flexibility index (Phi) is 2.78. The van der Waals surface area contributed by atoms with Crippen LogP contribution in [-0.2, 0) is 16.0 Å². The van der Waals surface area contributed by atoms with Gasteiger partial charge in [-0.1, -0.05) is 13.8 Å². The minimum atomic E-state index is -0.666. The van der Waals surface area contributed by atoms with Crippen molar-refractivity contribution in [2.24, 2.45) is 5.92 Å². The van der Waals surface area contributed by atoms with Crippen LogP contribution in [0.2, 0.25) is 0 Å². The van der Waals surface area contributed by atoms with E-state index in [1.807, 2.05) is 13.8 Å². The molecule has 1 heterocycles. The first-order valence-corrected chi connectivity index (χ1v) is 5.23. The lowest BCUT2D eigenvalue weighted by molar-refractivity contribution is -0.124. The average molecular weight is 175 g/mol. The monoisotopic (exact) mass is 175 g/mol. The molecule has 0 aromatic heterocycles. The average Bonchev–Trinajstić information content (AvgIpc) is 1.84. The summed E-state index contributed by atoms with van der Waals surface area (Å²) in [6, 6.07) is 0.172. The maximum Gasteiger partial charge on any atom is 0.223 e. The molecule has 1 saturated heterocycles. The van der Waals surface area contributed by atoms with Crippen molar-refractivity contribution in [3.8, 4) is 0 Å². The summed E-state index contributed by atoms with van der Waals surface area (Å²) in [6.07, 6.45) is 0. The third kappa shape index (κ3) is 2.38. The van der Waals surface area contributed by atoms with Gasteiger partial charge in [0.25, 0.3) is 0 Å². The first kappa shape index (κ1) is 8.87. The summed E-state index contributed by atoms with van der Waals surface area (Å²) in [5.74, 6) is 1.37. The standard InChI is InChI=1S/C7H13NO2S/c1-5(2)7(9)8-6-3-11(10)4-6/h5-6H,3-4H2,1-2H3,(H,8,9). The first-order valence-electron chi connectivity index (χ1n) is 3.75. The second-order valence-corrected chi connectivity index (χ2v) is 4.68. The lowest BCUT2D eigenvalue weighted by atomic mass is 10.2. The Morgan fingerprint density at radius 1 is 1.64 bits per heavy atom. The first-order chi connectivity index (χ1) is 5.09. The van der Waals surface area contributed by atoms with Gasteiger partial charge < -0.3 is 9.87 Å². The normalized spacial score (nSPS) is 29.8. The van der Waals surface area contributed by atoms with Crippen LogP contribution >= 0.6 is 0 Å². The van der Waals surface area contributed by atoms with Crippen molar-refractivity contribution in [1.29, 1.82) is 0 Å². The quantitative estimate of drug-likeness (QED) is 0.595. The molecule has 0 aromatic rings. The zero-order valence-corrected chi connectivity index (χ0v) is 7.61. The van der Waals surface area contributed by atoms with E-state index in [4.69, 9.17) is 0 Å². The molecule has 0 aliphatic carbocycles. The molecule has 0 radical (unpaired) electrons. The Balaban J connectivity index is 2.17. The minimum absolute atomic E-state index is 0.0315. The summed E-state index contributed by atoms with van der Waals surface area (Å²) in [5.41, 5.74) is 0. The maximum atomic E-state index is 11.0. The third-order valence-electron chi connectivity index (χ3n) is 1.64. The van der Waals surface area contributed by atoms with E-state index in [2.05, 4.69) is 5.32 Å². The Bertz CT molecular complexity index is 155. The lowest BCUT2D eigenvalue weighted by Crippen LogP contribution is -2.53. The highest BCUT2D eigenvalue weighted by atomic mass is 32.2. The zero-order valence-electron chi connectivity index (χ0n) is 6.79. The van der Waals surface area contributed by atoms with Crippen LogP contribution < -0.4 is 5.32 Å². The van der Waals surface area contributed by atoms with E-state index >= 15 is 0 Å². The van der Waals surface area contributed by atoms with Crippen LogP contribution in [0.15, 0.2) is 0 Å². The smallest absolute Gasteiger partial charge is 0.223 e. The van der Waals surface area contributed by atoms with Gasteiger partial charge in [-0.3, -0.25) is 4.79 Å². The van der Waals surface area contributed by atoms with Crippen molar-refractivity contribution in [3.63, 3.8) is 0 Å². The van der Waals surface area contributed by atoms with Crippen LogP contribution in [0.3, 0.4) is 0 Å². The molecule has 0 atom stereocenters. The van der Waals surface area contributed by atoms with Gasteiger partial charge in [-0.15, -0.1) is 0 Å². The van der Waals surface area contributed by atoms with Gasteiger partial charge in [-0.25, -0.2) is 0 Å². The van der Waals surface area contributed by atoms with Gasteiger partial charge in [0, 0.05) is 5.92 Å². The molecule has 0 unspecified atom stereocenters. The zero-order chi connectivity index (χ0) is 8.43. The molecule has 1 aliphatic rings. The van der Waals surface area contributed by atoms with Crippen LogP contribution in [0.25, 0.3) is 0 Å². The molecule has 64 valence electrons. The number of hydrogen-bond donors (Lipinski definition) is 1. The molecular formula is C7H13NO2S.